The van der Waals surface area contributed by atoms with E-state index in [1.165, 1.54) is 28.6 Å². The van der Waals surface area contributed by atoms with Crippen LogP contribution in [0.4, 0.5) is 10.7 Å². The maximum Gasteiger partial charge on any atom is 0.362 e. The Morgan fingerprint density at radius 1 is 1.22 bits per heavy atom. The van der Waals surface area contributed by atoms with E-state index >= 15 is 0 Å². The number of carbonyl (C=O) groups is 2. The van der Waals surface area contributed by atoms with Gasteiger partial charge in [0.05, 0.1) is 17.2 Å². The highest BCUT2D eigenvalue weighted by atomic mass is 32.2. The van der Waals surface area contributed by atoms with Gasteiger partial charge in [-0.15, -0.1) is 5.10 Å². The molecule has 1 aromatic heterocycles. The lowest BCUT2D eigenvalue weighted by Crippen LogP contribution is -2.35. The van der Waals surface area contributed by atoms with Crippen LogP contribution < -0.4 is 9.62 Å². The molecule has 1 aliphatic rings. The van der Waals surface area contributed by atoms with Gasteiger partial charge >= 0.3 is 5.97 Å². The minimum absolute atomic E-state index is 0.00162. The average molecular weight is 473 g/mol. The molecule has 0 saturated heterocycles. The van der Waals surface area contributed by atoms with E-state index < -0.39 is 21.9 Å². The fourth-order valence-electron chi connectivity index (χ4n) is 3.60. The first kappa shape index (κ1) is 21.9. The van der Waals surface area contributed by atoms with Crippen molar-refractivity contribution in [2.75, 3.05) is 16.2 Å². The molecule has 3 aromatic rings. The maximum atomic E-state index is 13.4. The summed E-state index contributed by atoms with van der Waals surface area (Å²) in [6, 6.07) is 12.9. The van der Waals surface area contributed by atoms with E-state index in [9.17, 15) is 18.0 Å². The second kappa shape index (κ2) is 8.67. The number of fused-ring (bicyclic) bond motifs is 1. The Kier molecular flexibility index (Phi) is 5.94. The second-order valence-corrected chi connectivity index (χ2v) is 9.70. The first-order valence-corrected chi connectivity index (χ1v) is 12.1. The number of esters is 1. The minimum atomic E-state index is -3.89. The first-order valence-electron chi connectivity index (χ1n) is 9.86. The third-order valence-electron chi connectivity index (χ3n) is 4.98. The largest absolute Gasteiger partial charge is 0.461 e. The number of hydrogen-bond acceptors (Lipinski definition) is 8. The predicted octanol–water partition coefficient (Wildman–Crippen LogP) is 3.11. The molecule has 0 radical (unpaired) electrons. The summed E-state index contributed by atoms with van der Waals surface area (Å²) in [7, 11) is -3.89. The number of hydrogen-bond donors (Lipinski definition) is 1. The second-order valence-electron chi connectivity index (χ2n) is 7.14. The molecule has 1 N–H and O–H groups in total. The van der Waals surface area contributed by atoms with Crippen molar-refractivity contribution >= 4 is 44.1 Å². The van der Waals surface area contributed by atoms with Crippen LogP contribution in [0, 0.1) is 0 Å². The summed E-state index contributed by atoms with van der Waals surface area (Å²) in [5.41, 5.74) is 1.62. The molecule has 0 spiro atoms. The summed E-state index contributed by atoms with van der Waals surface area (Å²) < 4.78 is 36.8. The predicted molar refractivity (Wildman–Crippen MR) is 120 cm³/mol. The lowest BCUT2D eigenvalue weighted by molar-refractivity contribution is 0.0520. The Labute approximate surface area is 189 Å². The van der Waals surface area contributed by atoms with Gasteiger partial charge in [0.25, 0.3) is 15.9 Å². The number of benzene rings is 2. The summed E-state index contributed by atoms with van der Waals surface area (Å²) in [5.74, 6) is -1.29. The Morgan fingerprint density at radius 2 is 2.00 bits per heavy atom. The molecule has 1 amide bonds. The monoisotopic (exact) mass is 472 g/mol. The van der Waals surface area contributed by atoms with E-state index in [0.717, 1.165) is 17.1 Å². The number of sulfonamides is 1. The van der Waals surface area contributed by atoms with Gasteiger partial charge in [0, 0.05) is 23.1 Å². The molecule has 2 aromatic carbocycles. The summed E-state index contributed by atoms with van der Waals surface area (Å²) in [4.78, 5) is 24.7. The highest BCUT2D eigenvalue weighted by Crippen LogP contribution is 2.36. The molecule has 0 aliphatic carbocycles. The normalized spacial score (nSPS) is 15.3. The van der Waals surface area contributed by atoms with Gasteiger partial charge in [-0.3, -0.25) is 9.10 Å². The molecule has 0 bridgehead atoms. The molecule has 1 atom stereocenters. The van der Waals surface area contributed by atoms with Crippen molar-refractivity contribution in [1.29, 1.82) is 0 Å². The third-order valence-corrected chi connectivity index (χ3v) is 7.55. The van der Waals surface area contributed by atoms with Crippen molar-refractivity contribution < 1.29 is 22.7 Å². The van der Waals surface area contributed by atoms with Crippen LogP contribution in [0.15, 0.2) is 53.4 Å². The number of para-hydroxylation sites is 1. The van der Waals surface area contributed by atoms with E-state index in [1.54, 1.807) is 19.1 Å². The zero-order valence-corrected chi connectivity index (χ0v) is 18.9. The Bertz CT molecular complexity index is 1290. The molecular formula is C21H20N4O5S2. The van der Waals surface area contributed by atoms with Crippen LogP contribution in [-0.2, 0) is 21.2 Å². The van der Waals surface area contributed by atoms with Crippen molar-refractivity contribution in [2.45, 2.75) is 31.2 Å². The van der Waals surface area contributed by atoms with Gasteiger partial charge < -0.3 is 10.1 Å². The Morgan fingerprint density at radius 3 is 2.78 bits per heavy atom. The van der Waals surface area contributed by atoms with E-state index in [1.807, 2.05) is 19.1 Å². The van der Waals surface area contributed by atoms with E-state index in [-0.39, 0.29) is 33.8 Å². The number of rotatable bonds is 6. The van der Waals surface area contributed by atoms with Crippen LogP contribution in [0.1, 0.15) is 40.3 Å². The molecule has 32 heavy (non-hydrogen) atoms. The summed E-state index contributed by atoms with van der Waals surface area (Å²) in [6.07, 6.45) is 0.616. The smallest absolute Gasteiger partial charge is 0.362 e. The van der Waals surface area contributed by atoms with Gasteiger partial charge in [-0.2, -0.15) is 0 Å². The molecule has 166 valence electrons. The molecule has 11 heteroatoms. The van der Waals surface area contributed by atoms with Crippen LogP contribution in [0.25, 0.3) is 0 Å². The van der Waals surface area contributed by atoms with Crippen molar-refractivity contribution in [3.63, 3.8) is 0 Å². The number of carbonyl (C=O) groups excluding carboxylic acids is 2. The fraction of sp³-hybridized carbons (Fsp3) is 0.238. The zero-order chi connectivity index (χ0) is 22.9. The fourth-order valence-corrected chi connectivity index (χ4v) is 5.89. The average Bonchev–Trinajstić information content (AvgIpc) is 3.37. The Balaban J connectivity index is 1.61. The number of nitrogens with one attached hydrogen (secondary N) is 1. The number of amides is 1. The van der Waals surface area contributed by atoms with Crippen LogP contribution >= 0.6 is 11.5 Å². The van der Waals surface area contributed by atoms with E-state index in [2.05, 4.69) is 14.9 Å². The number of aromatic nitrogens is 2. The summed E-state index contributed by atoms with van der Waals surface area (Å²) in [6.45, 7) is 3.66. The van der Waals surface area contributed by atoms with Crippen molar-refractivity contribution in [3.05, 3.63) is 65.4 Å². The quantitative estimate of drug-likeness (QED) is 0.548. The first-order chi connectivity index (χ1) is 15.3. The molecule has 4 rings (SSSR count). The van der Waals surface area contributed by atoms with Gasteiger partial charge in [0.1, 0.15) is 0 Å². The van der Waals surface area contributed by atoms with Gasteiger partial charge in [-0.05, 0) is 50.1 Å². The maximum absolute atomic E-state index is 13.4. The number of nitrogens with zero attached hydrogens (tertiary/aromatic N) is 3. The third kappa shape index (κ3) is 3.96. The molecule has 1 unspecified atom stereocenters. The molecular weight excluding hydrogens is 452 g/mol. The van der Waals surface area contributed by atoms with Crippen LogP contribution in [0.2, 0.25) is 0 Å². The zero-order valence-electron chi connectivity index (χ0n) is 17.3. The molecule has 9 nitrogen and oxygen atoms in total. The van der Waals surface area contributed by atoms with Crippen molar-refractivity contribution in [3.8, 4) is 0 Å². The Hall–Kier alpha value is -3.31. The van der Waals surface area contributed by atoms with Crippen LogP contribution in [0.5, 0.6) is 0 Å². The molecule has 0 fully saturated rings. The van der Waals surface area contributed by atoms with E-state index in [4.69, 9.17) is 4.74 Å². The highest BCUT2D eigenvalue weighted by molar-refractivity contribution is 7.92. The van der Waals surface area contributed by atoms with Gasteiger partial charge in [0.15, 0.2) is 5.00 Å². The molecule has 0 saturated carbocycles. The van der Waals surface area contributed by atoms with Crippen molar-refractivity contribution in [2.24, 2.45) is 0 Å². The standard InChI is InChI=1S/C21H20N4O5S2/c1-3-30-21(27)18-20(31-24-23-18)22-19(26)15-8-6-9-16(12-15)32(28,29)25-13(2)11-14-7-4-5-10-17(14)25/h4-10,12-13H,3,11H2,1-2H3,(H,22,26). The SMILES string of the molecule is CCOC(=O)c1nnsc1NC(=O)c1cccc(S(=O)(=O)N2c3ccccc3CC2C)c1. The number of anilines is 2. The van der Waals surface area contributed by atoms with Crippen LogP contribution in [-0.4, -0.2) is 42.5 Å². The summed E-state index contributed by atoms with van der Waals surface area (Å²) in [5, 5.41) is 6.39. The molecule has 1 aliphatic heterocycles. The topological polar surface area (TPSA) is 119 Å². The summed E-state index contributed by atoms with van der Waals surface area (Å²) >= 11 is 0.829. The minimum Gasteiger partial charge on any atom is -0.461 e. The van der Waals surface area contributed by atoms with Crippen LogP contribution in [0.3, 0.4) is 0 Å². The number of ether oxygens (including phenoxy) is 1. The lowest BCUT2D eigenvalue weighted by Gasteiger charge is -2.24. The van der Waals surface area contributed by atoms with E-state index in [0.29, 0.717) is 12.1 Å². The van der Waals surface area contributed by atoms with Crippen molar-refractivity contribution in [1.82, 2.24) is 9.59 Å². The highest BCUT2D eigenvalue weighted by Gasteiger charge is 2.36. The van der Waals surface area contributed by atoms with Gasteiger partial charge in [0.2, 0.25) is 5.69 Å². The van der Waals surface area contributed by atoms with Gasteiger partial charge in [-0.25, -0.2) is 13.2 Å². The lowest BCUT2D eigenvalue weighted by atomic mass is 10.1. The molecule has 2 heterocycles. The van der Waals surface area contributed by atoms with Gasteiger partial charge in [-0.1, -0.05) is 28.8 Å².